The van der Waals surface area contributed by atoms with E-state index in [1.807, 2.05) is 0 Å². The summed E-state index contributed by atoms with van der Waals surface area (Å²) in [6.07, 6.45) is 13.8. The lowest BCUT2D eigenvalue weighted by atomic mass is 9.70. The molecule has 1 heteroatoms. The number of rotatable bonds is 4. The van der Waals surface area contributed by atoms with Gasteiger partial charge in [-0.15, -0.1) is 0 Å². The molecule has 3 aliphatic carbocycles. The lowest BCUT2D eigenvalue weighted by Crippen LogP contribution is -2.46. The summed E-state index contributed by atoms with van der Waals surface area (Å²) in [5, 5.41) is 6.02. The van der Waals surface area contributed by atoms with Crippen molar-refractivity contribution in [3.63, 3.8) is 0 Å². The van der Waals surface area contributed by atoms with Gasteiger partial charge in [0, 0.05) is 0 Å². The van der Waals surface area contributed by atoms with Crippen molar-refractivity contribution < 1.29 is 0 Å². The number of aryl methyl sites for hydroxylation is 1. The molecule has 0 radical (unpaired) electrons. The van der Waals surface area contributed by atoms with Crippen molar-refractivity contribution in [3.8, 4) is 0 Å². The lowest BCUT2D eigenvalue weighted by molar-refractivity contribution is 0.507. The van der Waals surface area contributed by atoms with Gasteiger partial charge in [-0.1, -0.05) is 119 Å². The summed E-state index contributed by atoms with van der Waals surface area (Å²) >= 11 is 0. The van der Waals surface area contributed by atoms with E-state index in [-0.39, 0.29) is 0 Å². The third-order valence-electron chi connectivity index (χ3n) is 11.4. The predicted octanol–water partition coefficient (Wildman–Crippen LogP) is 10.5. The van der Waals surface area contributed by atoms with Gasteiger partial charge in [-0.25, -0.2) is 0 Å². The Kier molecular flexibility index (Phi) is 5.81. The van der Waals surface area contributed by atoms with Crippen LogP contribution in [-0.4, -0.2) is 8.07 Å². The Labute approximate surface area is 225 Å². The van der Waals surface area contributed by atoms with Crippen LogP contribution in [-0.2, 0) is 6.42 Å². The molecule has 4 aliphatic rings. The molecule has 0 nitrogen and oxygen atoms in total. The molecule has 0 aromatic heterocycles. The summed E-state index contributed by atoms with van der Waals surface area (Å²) in [7, 11) is -1.33. The minimum atomic E-state index is -1.33. The van der Waals surface area contributed by atoms with Crippen LogP contribution in [0.3, 0.4) is 0 Å². The molecule has 1 saturated heterocycles. The first-order valence-corrected chi connectivity index (χ1v) is 18.1. The predicted molar refractivity (Wildman–Crippen MR) is 164 cm³/mol. The smallest absolute Gasteiger partial charge is 0.0578 e. The van der Waals surface area contributed by atoms with Gasteiger partial charge in [-0.3, -0.25) is 0 Å². The average molecular weight is 505 g/mol. The molecule has 0 bridgehead atoms. The van der Waals surface area contributed by atoms with Crippen LogP contribution in [0.4, 0.5) is 0 Å². The first-order chi connectivity index (χ1) is 18.0. The largest absolute Gasteiger partial charge is 0.0805 e. The molecule has 0 amide bonds. The monoisotopic (exact) mass is 504 g/mol. The molecule has 0 spiro atoms. The Hall–Kier alpha value is -2.12. The lowest BCUT2D eigenvalue weighted by Gasteiger charge is -2.47. The second-order valence-electron chi connectivity index (χ2n) is 13.4. The fourth-order valence-electron chi connectivity index (χ4n) is 9.88. The molecule has 192 valence electrons. The number of benzene rings is 3. The fraction of sp³-hybridized carbons (Fsp3) is 0.500. The van der Waals surface area contributed by atoms with Gasteiger partial charge >= 0.3 is 0 Å². The molecule has 37 heavy (non-hydrogen) atoms. The summed E-state index contributed by atoms with van der Waals surface area (Å²) in [6.45, 7) is 10.0. The summed E-state index contributed by atoms with van der Waals surface area (Å²) in [5.74, 6) is 3.25. The Bertz CT molecular complexity index is 1430. The van der Waals surface area contributed by atoms with Crippen LogP contribution in [0.2, 0.25) is 23.7 Å². The maximum absolute atomic E-state index is 2.75. The third-order valence-corrected chi connectivity index (χ3v) is 18.0. The average Bonchev–Trinajstić information content (AvgIpc) is 3.27. The highest BCUT2D eigenvalue weighted by atomic mass is 28.3. The molecular weight excluding hydrogens is 460 g/mol. The number of allylic oxidation sites excluding steroid dienone is 4. The van der Waals surface area contributed by atoms with Gasteiger partial charge in [0.25, 0.3) is 0 Å². The van der Waals surface area contributed by atoms with Gasteiger partial charge in [0.05, 0.1) is 8.07 Å². The maximum atomic E-state index is 2.75. The Morgan fingerprint density at radius 2 is 1.70 bits per heavy atom. The molecule has 5 unspecified atom stereocenters. The zero-order valence-corrected chi connectivity index (χ0v) is 24.4. The Balaban J connectivity index is 1.40. The van der Waals surface area contributed by atoms with E-state index in [1.54, 1.807) is 45.8 Å². The summed E-state index contributed by atoms with van der Waals surface area (Å²) < 4.78 is 0. The van der Waals surface area contributed by atoms with E-state index in [2.05, 4.69) is 82.3 Å². The van der Waals surface area contributed by atoms with Crippen LogP contribution < -0.4 is 0 Å². The second kappa shape index (κ2) is 8.97. The van der Waals surface area contributed by atoms with E-state index in [1.165, 1.54) is 53.8 Å². The Morgan fingerprint density at radius 1 is 0.946 bits per heavy atom. The molecule has 5 atom stereocenters. The topological polar surface area (TPSA) is 0 Å². The fourth-order valence-corrected chi connectivity index (χ4v) is 17.6. The van der Waals surface area contributed by atoms with Crippen molar-refractivity contribution in [3.05, 3.63) is 76.9 Å². The van der Waals surface area contributed by atoms with Gasteiger partial charge < -0.3 is 0 Å². The summed E-state index contributed by atoms with van der Waals surface area (Å²) in [6, 6.07) is 21.2. The van der Waals surface area contributed by atoms with Gasteiger partial charge in [-0.2, -0.15) is 0 Å². The molecule has 1 aliphatic heterocycles. The first kappa shape index (κ1) is 24.0. The highest BCUT2D eigenvalue weighted by Gasteiger charge is 2.54. The molecule has 7 rings (SSSR count). The van der Waals surface area contributed by atoms with E-state index in [9.17, 15) is 0 Å². The van der Waals surface area contributed by atoms with E-state index >= 15 is 0 Å². The maximum Gasteiger partial charge on any atom is 0.0578 e. The van der Waals surface area contributed by atoms with Crippen molar-refractivity contribution in [2.75, 3.05) is 0 Å². The van der Waals surface area contributed by atoms with Gasteiger partial charge in [0.1, 0.15) is 0 Å². The van der Waals surface area contributed by atoms with Crippen LogP contribution in [0.1, 0.15) is 69.6 Å². The van der Waals surface area contributed by atoms with Crippen molar-refractivity contribution in [2.45, 2.75) is 89.9 Å². The van der Waals surface area contributed by atoms with E-state index in [0.717, 1.165) is 29.7 Å². The van der Waals surface area contributed by atoms with Crippen molar-refractivity contribution in [2.24, 2.45) is 23.7 Å². The first-order valence-electron chi connectivity index (χ1n) is 15.4. The van der Waals surface area contributed by atoms with Crippen LogP contribution >= 0.6 is 0 Å². The normalized spacial score (nSPS) is 29.0. The number of fused-ring (bicyclic) bond motifs is 5. The minimum Gasteiger partial charge on any atom is -0.0805 e. The van der Waals surface area contributed by atoms with Crippen LogP contribution in [0, 0.1) is 30.6 Å². The molecule has 2 fully saturated rings. The standard InChI is InChI=1S/C36H44Si/c1-5-23(2)22-37(18-9-6-10-19-37)36-24(3)20-32-31(36)17-16-27-21-26-12-11-15-29-25(4)28-13-7-8-14-30(28)35(33(26)29)34(27)32/h7-8,11-17,23-24,31-32,36H,5-6,9-10,18-22H2,1-4H3. The molecule has 1 heterocycles. The molecule has 0 N–H and O–H groups in total. The molecular formula is C36H44Si. The summed E-state index contributed by atoms with van der Waals surface area (Å²) in [5.41, 5.74) is 8.97. The van der Waals surface area contributed by atoms with Gasteiger partial charge in [0.15, 0.2) is 0 Å². The van der Waals surface area contributed by atoms with Crippen LogP contribution in [0.5, 0.6) is 0 Å². The minimum absolute atomic E-state index is 0.714. The summed E-state index contributed by atoms with van der Waals surface area (Å²) in [4.78, 5) is 0. The van der Waals surface area contributed by atoms with E-state index < -0.39 is 8.07 Å². The quantitative estimate of drug-likeness (QED) is 0.245. The zero-order valence-electron chi connectivity index (χ0n) is 23.4. The molecule has 3 aromatic carbocycles. The van der Waals surface area contributed by atoms with Crippen molar-refractivity contribution >= 4 is 35.2 Å². The Morgan fingerprint density at radius 3 is 2.49 bits per heavy atom. The third kappa shape index (κ3) is 3.52. The van der Waals surface area contributed by atoms with Gasteiger partial charge in [0.2, 0.25) is 0 Å². The zero-order chi connectivity index (χ0) is 25.3. The second-order valence-corrected chi connectivity index (χ2v) is 18.2. The van der Waals surface area contributed by atoms with Gasteiger partial charge in [-0.05, 0) is 98.4 Å². The highest BCUT2D eigenvalue weighted by Crippen LogP contribution is 2.63. The van der Waals surface area contributed by atoms with Crippen LogP contribution in [0.25, 0.3) is 27.1 Å². The van der Waals surface area contributed by atoms with Crippen LogP contribution in [0.15, 0.2) is 60.2 Å². The molecule has 1 saturated carbocycles. The van der Waals surface area contributed by atoms with Crippen molar-refractivity contribution in [1.82, 2.24) is 0 Å². The highest BCUT2D eigenvalue weighted by molar-refractivity contribution is 6.81. The van der Waals surface area contributed by atoms with Crippen molar-refractivity contribution in [1.29, 1.82) is 0 Å². The SMILES string of the molecule is CCC(C)C[Si]1(C2C(C)CC3C4=C(C=CC32)Cc2cccc3c(C)c5ccccc5c4c23)CCCCC1. The molecule has 3 aromatic rings. The number of hydrogen-bond donors (Lipinski definition) is 0. The number of hydrogen-bond acceptors (Lipinski definition) is 0. The van der Waals surface area contributed by atoms with E-state index in [4.69, 9.17) is 0 Å². The van der Waals surface area contributed by atoms with E-state index in [0.29, 0.717) is 5.92 Å².